The van der Waals surface area contributed by atoms with E-state index in [9.17, 15) is 0 Å². The molecule has 1 heterocycles. The van der Waals surface area contributed by atoms with Crippen LogP contribution < -0.4 is 10.5 Å². The van der Waals surface area contributed by atoms with E-state index in [1.54, 1.807) is 11.3 Å². The molecular weight excluding hydrogens is 244 g/mol. The van der Waals surface area contributed by atoms with Crippen molar-refractivity contribution in [3.63, 3.8) is 0 Å². The van der Waals surface area contributed by atoms with Crippen molar-refractivity contribution in [2.75, 3.05) is 6.61 Å². The predicted molar refractivity (Wildman–Crippen MR) is 75.6 cm³/mol. The average Bonchev–Trinajstić information content (AvgIpc) is 2.84. The Hall–Kier alpha value is -1.81. The molecule has 0 amide bonds. The number of thiophene rings is 1. The van der Waals surface area contributed by atoms with E-state index in [4.69, 9.17) is 15.9 Å². The molecule has 1 aromatic heterocycles. The van der Waals surface area contributed by atoms with E-state index in [0.29, 0.717) is 13.0 Å². The fourth-order valence-corrected chi connectivity index (χ4v) is 2.35. The Morgan fingerprint density at radius 3 is 2.56 bits per heavy atom. The standard InChI is InChI=1S/C14H16N2OS/c15-14(16)9-11-1-3-13(4-2-11)17-7-5-12-6-8-18-10-12/h1-4,6,8,10H,5,7,9H2,(H3,15,16). The molecule has 0 saturated carbocycles. The van der Waals surface area contributed by atoms with E-state index in [2.05, 4.69) is 16.8 Å². The van der Waals surface area contributed by atoms with Gasteiger partial charge in [-0.1, -0.05) is 12.1 Å². The molecule has 94 valence electrons. The highest BCUT2D eigenvalue weighted by Crippen LogP contribution is 2.13. The summed E-state index contributed by atoms with van der Waals surface area (Å²) in [6.07, 6.45) is 1.42. The van der Waals surface area contributed by atoms with Crippen LogP contribution in [0.25, 0.3) is 0 Å². The molecule has 2 rings (SSSR count). The van der Waals surface area contributed by atoms with Gasteiger partial charge in [0, 0.05) is 12.8 Å². The van der Waals surface area contributed by atoms with E-state index >= 15 is 0 Å². The third kappa shape index (κ3) is 3.89. The summed E-state index contributed by atoms with van der Waals surface area (Å²) >= 11 is 1.71. The van der Waals surface area contributed by atoms with Gasteiger partial charge in [0.15, 0.2) is 0 Å². The smallest absolute Gasteiger partial charge is 0.119 e. The second kappa shape index (κ2) is 6.21. The van der Waals surface area contributed by atoms with Crippen molar-refractivity contribution in [1.29, 1.82) is 5.41 Å². The maximum absolute atomic E-state index is 7.22. The second-order valence-corrected chi connectivity index (χ2v) is 4.86. The Morgan fingerprint density at radius 1 is 1.17 bits per heavy atom. The molecule has 0 aliphatic rings. The second-order valence-electron chi connectivity index (χ2n) is 4.08. The zero-order chi connectivity index (χ0) is 12.8. The fraction of sp³-hybridized carbons (Fsp3) is 0.214. The van der Waals surface area contributed by atoms with Crippen LogP contribution in [0.1, 0.15) is 11.1 Å². The van der Waals surface area contributed by atoms with Crippen LogP contribution in [-0.4, -0.2) is 12.4 Å². The molecule has 0 radical (unpaired) electrons. The molecular formula is C14H16N2OS. The number of ether oxygens (including phenoxy) is 1. The number of hydrogen-bond acceptors (Lipinski definition) is 3. The molecule has 4 heteroatoms. The summed E-state index contributed by atoms with van der Waals surface area (Å²) in [6, 6.07) is 9.85. The normalized spacial score (nSPS) is 10.2. The number of amidine groups is 1. The summed E-state index contributed by atoms with van der Waals surface area (Å²) in [6.45, 7) is 0.683. The lowest BCUT2D eigenvalue weighted by Crippen LogP contribution is -2.12. The number of hydrogen-bond donors (Lipinski definition) is 2. The molecule has 0 saturated heterocycles. The molecule has 0 aliphatic carbocycles. The average molecular weight is 260 g/mol. The molecule has 0 unspecified atom stereocenters. The van der Waals surface area contributed by atoms with Gasteiger partial charge in [0.05, 0.1) is 12.4 Å². The van der Waals surface area contributed by atoms with Crippen molar-refractivity contribution < 1.29 is 4.74 Å². The first-order valence-electron chi connectivity index (χ1n) is 5.80. The van der Waals surface area contributed by atoms with Gasteiger partial charge < -0.3 is 10.5 Å². The Kier molecular flexibility index (Phi) is 4.36. The molecule has 2 aromatic rings. The SMILES string of the molecule is N=C(N)Cc1ccc(OCCc2ccsc2)cc1. The number of nitrogens with two attached hydrogens (primary N) is 1. The summed E-state index contributed by atoms with van der Waals surface area (Å²) in [5.74, 6) is 1.04. The van der Waals surface area contributed by atoms with Crippen molar-refractivity contribution in [3.05, 3.63) is 52.2 Å². The Bertz CT molecular complexity index is 491. The van der Waals surface area contributed by atoms with Gasteiger partial charge in [-0.15, -0.1) is 0 Å². The Labute approximate surface area is 111 Å². The highest BCUT2D eigenvalue weighted by molar-refractivity contribution is 7.07. The monoisotopic (exact) mass is 260 g/mol. The van der Waals surface area contributed by atoms with Crippen LogP contribution in [0.15, 0.2) is 41.1 Å². The van der Waals surface area contributed by atoms with Crippen LogP contribution in [0.2, 0.25) is 0 Å². The van der Waals surface area contributed by atoms with Gasteiger partial charge in [-0.05, 0) is 40.1 Å². The number of nitrogens with one attached hydrogen (secondary N) is 1. The first kappa shape index (κ1) is 12.6. The first-order valence-corrected chi connectivity index (χ1v) is 6.74. The van der Waals surface area contributed by atoms with Crippen LogP contribution in [0.5, 0.6) is 5.75 Å². The lowest BCUT2D eigenvalue weighted by Gasteiger charge is -2.06. The number of benzene rings is 1. The van der Waals surface area contributed by atoms with Gasteiger partial charge in [0.1, 0.15) is 5.75 Å². The molecule has 0 atom stereocenters. The van der Waals surface area contributed by atoms with Gasteiger partial charge in [0.2, 0.25) is 0 Å². The topological polar surface area (TPSA) is 59.1 Å². The van der Waals surface area contributed by atoms with Gasteiger partial charge in [0.25, 0.3) is 0 Å². The van der Waals surface area contributed by atoms with Crippen molar-refractivity contribution in [3.8, 4) is 5.75 Å². The van der Waals surface area contributed by atoms with Crippen LogP contribution in [0.4, 0.5) is 0 Å². The van der Waals surface area contributed by atoms with Crippen molar-refractivity contribution in [1.82, 2.24) is 0 Å². The van der Waals surface area contributed by atoms with Crippen LogP contribution >= 0.6 is 11.3 Å². The third-order valence-corrected chi connectivity index (χ3v) is 3.29. The highest BCUT2D eigenvalue weighted by atomic mass is 32.1. The third-order valence-electron chi connectivity index (χ3n) is 2.56. The van der Waals surface area contributed by atoms with E-state index in [-0.39, 0.29) is 5.84 Å². The van der Waals surface area contributed by atoms with Crippen LogP contribution in [0.3, 0.4) is 0 Å². The minimum Gasteiger partial charge on any atom is -0.493 e. The van der Waals surface area contributed by atoms with Crippen molar-refractivity contribution in [2.24, 2.45) is 5.73 Å². The zero-order valence-corrected chi connectivity index (χ0v) is 10.9. The largest absolute Gasteiger partial charge is 0.493 e. The Morgan fingerprint density at radius 2 is 1.94 bits per heavy atom. The lowest BCUT2D eigenvalue weighted by atomic mass is 10.1. The first-order chi connectivity index (χ1) is 8.74. The van der Waals surface area contributed by atoms with Gasteiger partial charge >= 0.3 is 0 Å². The van der Waals surface area contributed by atoms with Crippen molar-refractivity contribution in [2.45, 2.75) is 12.8 Å². The van der Waals surface area contributed by atoms with E-state index < -0.39 is 0 Å². The molecule has 1 aromatic carbocycles. The fourth-order valence-electron chi connectivity index (χ4n) is 1.65. The molecule has 0 bridgehead atoms. The summed E-state index contributed by atoms with van der Waals surface area (Å²) in [4.78, 5) is 0. The van der Waals surface area contributed by atoms with Crippen LogP contribution in [-0.2, 0) is 12.8 Å². The maximum atomic E-state index is 7.22. The summed E-state index contributed by atoms with van der Waals surface area (Å²) in [7, 11) is 0. The molecule has 0 spiro atoms. The summed E-state index contributed by atoms with van der Waals surface area (Å²) in [5.41, 5.74) is 7.70. The predicted octanol–water partition coefficient (Wildman–Crippen LogP) is 2.85. The Balaban J connectivity index is 1.81. The summed E-state index contributed by atoms with van der Waals surface area (Å²) < 4.78 is 5.66. The van der Waals surface area contributed by atoms with Gasteiger partial charge in [-0.25, -0.2) is 0 Å². The molecule has 18 heavy (non-hydrogen) atoms. The van der Waals surface area contributed by atoms with Crippen LogP contribution in [0, 0.1) is 5.41 Å². The summed E-state index contributed by atoms with van der Waals surface area (Å²) in [5, 5.41) is 11.4. The molecule has 0 fully saturated rings. The van der Waals surface area contributed by atoms with Gasteiger partial charge in [-0.3, -0.25) is 5.41 Å². The lowest BCUT2D eigenvalue weighted by molar-refractivity contribution is 0.322. The molecule has 0 aliphatic heterocycles. The van der Waals surface area contributed by atoms with E-state index in [0.717, 1.165) is 17.7 Å². The molecule has 3 nitrogen and oxygen atoms in total. The maximum Gasteiger partial charge on any atom is 0.119 e. The minimum absolute atomic E-state index is 0.182. The van der Waals surface area contributed by atoms with Gasteiger partial charge in [-0.2, -0.15) is 11.3 Å². The molecule has 3 N–H and O–H groups in total. The van der Waals surface area contributed by atoms with Crippen molar-refractivity contribution >= 4 is 17.2 Å². The number of rotatable bonds is 6. The quantitative estimate of drug-likeness (QED) is 0.620. The zero-order valence-electron chi connectivity index (χ0n) is 10.1. The highest BCUT2D eigenvalue weighted by Gasteiger charge is 1.98. The van der Waals surface area contributed by atoms with E-state index in [1.165, 1.54) is 5.56 Å². The minimum atomic E-state index is 0.182. The van der Waals surface area contributed by atoms with E-state index in [1.807, 2.05) is 24.3 Å².